The molecule has 0 aromatic heterocycles. The number of aliphatic hydroxyl groups is 1. The van der Waals surface area contributed by atoms with Crippen LogP contribution in [0.25, 0.3) is 0 Å². The highest BCUT2D eigenvalue weighted by atomic mass is 32.2. The van der Waals surface area contributed by atoms with E-state index in [-0.39, 0.29) is 0 Å². The maximum absolute atomic E-state index is 11.6. The minimum atomic E-state index is -4.01. The summed E-state index contributed by atoms with van der Waals surface area (Å²) in [6, 6.07) is 0. The van der Waals surface area contributed by atoms with Crippen molar-refractivity contribution in [3.63, 3.8) is 0 Å². The van der Waals surface area contributed by atoms with Gasteiger partial charge in [0.15, 0.2) is 0 Å². The van der Waals surface area contributed by atoms with E-state index in [0.717, 1.165) is 32.1 Å². The fourth-order valence-corrected chi connectivity index (χ4v) is 4.87. The van der Waals surface area contributed by atoms with E-state index in [2.05, 4.69) is 13.8 Å². The molecule has 0 bridgehead atoms. The van der Waals surface area contributed by atoms with Crippen molar-refractivity contribution in [1.82, 2.24) is 0 Å². The van der Waals surface area contributed by atoms with Crippen LogP contribution in [0.4, 0.5) is 0 Å². The molecule has 2 N–H and O–H groups in total. The van der Waals surface area contributed by atoms with Crippen LogP contribution >= 0.6 is 0 Å². The summed E-state index contributed by atoms with van der Waals surface area (Å²) in [5.41, 5.74) is 0. The van der Waals surface area contributed by atoms with Gasteiger partial charge in [-0.05, 0) is 25.7 Å². The van der Waals surface area contributed by atoms with E-state index >= 15 is 0 Å². The molecule has 4 nitrogen and oxygen atoms in total. The normalized spacial score (nSPS) is 14.2. The summed E-state index contributed by atoms with van der Waals surface area (Å²) >= 11 is 0. The molecule has 0 aliphatic rings. The minimum Gasteiger partial charge on any atom is -0.393 e. The molecule has 2 unspecified atom stereocenters. The highest BCUT2D eigenvalue weighted by molar-refractivity contribution is 7.86. The molecule has 176 valence electrons. The maximum atomic E-state index is 11.6. The summed E-state index contributed by atoms with van der Waals surface area (Å²) < 4.78 is 32.7. The SMILES string of the molecule is CCCCCCCCCCCCCCCCC(CCC(O)CCCC)S(=O)(=O)O. The van der Waals surface area contributed by atoms with E-state index in [1.54, 1.807) is 0 Å². The van der Waals surface area contributed by atoms with Crippen molar-refractivity contribution in [2.24, 2.45) is 0 Å². The Kier molecular flexibility index (Phi) is 19.7. The van der Waals surface area contributed by atoms with E-state index < -0.39 is 21.5 Å². The van der Waals surface area contributed by atoms with E-state index in [0.29, 0.717) is 25.7 Å². The van der Waals surface area contributed by atoms with Crippen LogP contribution in [0.1, 0.15) is 142 Å². The third kappa shape index (κ3) is 19.6. The Morgan fingerprint density at radius 2 is 0.966 bits per heavy atom. The molecule has 0 aliphatic heterocycles. The second-order valence-corrected chi connectivity index (χ2v) is 10.6. The van der Waals surface area contributed by atoms with Crippen molar-refractivity contribution in [3.8, 4) is 0 Å². The predicted octanol–water partition coefficient (Wildman–Crippen LogP) is 7.45. The van der Waals surface area contributed by atoms with E-state index in [9.17, 15) is 18.1 Å². The van der Waals surface area contributed by atoms with Crippen LogP contribution in [-0.2, 0) is 10.1 Å². The van der Waals surface area contributed by atoms with Crippen LogP contribution in [0.2, 0.25) is 0 Å². The van der Waals surface area contributed by atoms with Gasteiger partial charge in [0.25, 0.3) is 10.1 Å². The van der Waals surface area contributed by atoms with Gasteiger partial charge in [-0.15, -0.1) is 0 Å². The molecule has 0 aromatic rings. The third-order valence-electron chi connectivity index (χ3n) is 6.01. The van der Waals surface area contributed by atoms with Crippen molar-refractivity contribution in [1.29, 1.82) is 0 Å². The monoisotopic (exact) mass is 434 g/mol. The number of unbranched alkanes of at least 4 members (excludes halogenated alkanes) is 14. The van der Waals surface area contributed by atoms with Crippen molar-refractivity contribution in [2.45, 2.75) is 154 Å². The van der Waals surface area contributed by atoms with Crippen LogP contribution in [0.15, 0.2) is 0 Å². The Labute approximate surface area is 182 Å². The van der Waals surface area contributed by atoms with E-state index in [4.69, 9.17) is 0 Å². The van der Waals surface area contributed by atoms with Gasteiger partial charge in [-0.3, -0.25) is 4.55 Å². The molecule has 5 heteroatoms. The molecule has 0 aliphatic carbocycles. The Morgan fingerprint density at radius 1 is 0.552 bits per heavy atom. The molecule has 0 fully saturated rings. The predicted molar refractivity (Wildman–Crippen MR) is 125 cm³/mol. The lowest BCUT2D eigenvalue weighted by Gasteiger charge is -2.16. The average molecular weight is 435 g/mol. The minimum absolute atomic E-state index is 0.363. The summed E-state index contributed by atoms with van der Waals surface area (Å²) in [4.78, 5) is 0. The fraction of sp³-hybridized carbons (Fsp3) is 1.00. The van der Waals surface area contributed by atoms with Crippen molar-refractivity contribution >= 4 is 10.1 Å². The Morgan fingerprint density at radius 3 is 1.38 bits per heavy atom. The molecule has 0 saturated heterocycles. The first kappa shape index (κ1) is 28.9. The van der Waals surface area contributed by atoms with Gasteiger partial charge in [0.1, 0.15) is 0 Å². The van der Waals surface area contributed by atoms with Crippen LogP contribution in [0.5, 0.6) is 0 Å². The molecular weight excluding hydrogens is 384 g/mol. The number of hydrogen-bond donors (Lipinski definition) is 2. The van der Waals surface area contributed by atoms with E-state index in [1.807, 2.05) is 0 Å². The molecule has 0 aromatic carbocycles. The average Bonchev–Trinajstić information content (AvgIpc) is 2.67. The summed E-state index contributed by atoms with van der Waals surface area (Å²) in [5, 5.41) is 9.20. The molecule has 0 rings (SSSR count). The van der Waals surface area contributed by atoms with Crippen molar-refractivity contribution in [2.75, 3.05) is 0 Å². The Bertz CT molecular complexity index is 436. The smallest absolute Gasteiger partial charge is 0.267 e. The van der Waals surface area contributed by atoms with Crippen molar-refractivity contribution < 1.29 is 18.1 Å². The maximum Gasteiger partial charge on any atom is 0.267 e. The largest absolute Gasteiger partial charge is 0.393 e. The quantitative estimate of drug-likeness (QED) is 0.137. The van der Waals surface area contributed by atoms with Crippen LogP contribution in [-0.4, -0.2) is 29.4 Å². The Hall–Kier alpha value is -0.130. The number of hydrogen-bond acceptors (Lipinski definition) is 3. The zero-order chi connectivity index (χ0) is 21.8. The lowest BCUT2D eigenvalue weighted by molar-refractivity contribution is 0.148. The van der Waals surface area contributed by atoms with Gasteiger partial charge in [-0.1, -0.05) is 117 Å². The lowest BCUT2D eigenvalue weighted by Crippen LogP contribution is -2.22. The number of rotatable bonds is 22. The first-order valence-electron chi connectivity index (χ1n) is 12.6. The fourth-order valence-electron chi connectivity index (χ4n) is 3.97. The first-order chi connectivity index (χ1) is 13.9. The zero-order valence-corrected chi connectivity index (χ0v) is 20.2. The lowest BCUT2D eigenvalue weighted by atomic mass is 10.0. The van der Waals surface area contributed by atoms with E-state index in [1.165, 1.54) is 70.6 Å². The van der Waals surface area contributed by atoms with Gasteiger partial charge in [-0.25, -0.2) is 0 Å². The molecule has 0 radical (unpaired) electrons. The van der Waals surface area contributed by atoms with Gasteiger partial charge in [-0.2, -0.15) is 8.42 Å². The number of aliphatic hydroxyl groups excluding tert-OH is 1. The molecular formula is C24H50O4S. The summed E-state index contributed by atoms with van der Waals surface area (Å²) in [5.74, 6) is 0. The topological polar surface area (TPSA) is 74.6 Å². The second-order valence-electron chi connectivity index (χ2n) is 8.90. The van der Waals surface area contributed by atoms with Gasteiger partial charge >= 0.3 is 0 Å². The van der Waals surface area contributed by atoms with Crippen LogP contribution in [0, 0.1) is 0 Å². The summed E-state index contributed by atoms with van der Waals surface area (Å²) in [6.07, 6.45) is 21.4. The molecule has 29 heavy (non-hydrogen) atoms. The van der Waals surface area contributed by atoms with Gasteiger partial charge in [0.2, 0.25) is 0 Å². The first-order valence-corrected chi connectivity index (χ1v) is 14.1. The van der Waals surface area contributed by atoms with Crippen molar-refractivity contribution in [3.05, 3.63) is 0 Å². The highest BCUT2D eigenvalue weighted by Gasteiger charge is 2.23. The molecule has 0 spiro atoms. The third-order valence-corrected chi connectivity index (χ3v) is 7.33. The zero-order valence-electron chi connectivity index (χ0n) is 19.4. The summed E-state index contributed by atoms with van der Waals surface area (Å²) in [6.45, 7) is 4.33. The summed E-state index contributed by atoms with van der Waals surface area (Å²) in [7, 11) is -4.01. The second kappa shape index (κ2) is 19.8. The molecule has 0 amide bonds. The Balaban J connectivity index is 3.63. The molecule has 2 atom stereocenters. The van der Waals surface area contributed by atoms with Crippen LogP contribution in [0.3, 0.4) is 0 Å². The van der Waals surface area contributed by atoms with Crippen LogP contribution < -0.4 is 0 Å². The van der Waals surface area contributed by atoms with Gasteiger partial charge in [0.05, 0.1) is 11.4 Å². The molecule has 0 saturated carbocycles. The highest BCUT2D eigenvalue weighted by Crippen LogP contribution is 2.19. The molecule has 0 heterocycles. The van der Waals surface area contributed by atoms with Gasteiger partial charge in [0, 0.05) is 0 Å². The van der Waals surface area contributed by atoms with Gasteiger partial charge < -0.3 is 5.11 Å². The standard InChI is InChI=1S/C24H50O4S/c1-3-5-7-8-9-10-11-12-13-14-15-16-17-18-20-24(29(26,27)28)22-21-23(25)19-6-4-2/h23-25H,3-22H2,1-2H3,(H,26,27,28).